The first-order valence-electron chi connectivity index (χ1n) is 5.69. The number of hydrogen-bond donors (Lipinski definition) is 3. The lowest BCUT2D eigenvalue weighted by atomic mass is 10.1. The van der Waals surface area contributed by atoms with Crippen molar-refractivity contribution in [2.75, 3.05) is 20.7 Å². The molecule has 0 saturated heterocycles. The Hall–Kier alpha value is -2.34. The number of ether oxygens (including phenoxy) is 1. The third-order valence-corrected chi connectivity index (χ3v) is 2.81. The quantitative estimate of drug-likeness (QED) is 0.566. The lowest BCUT2D eigenvalue weighted by molar-refractivity contribution is 0.0595. The van der Waals surface area contributed by atoms with Crippen molar-refractivity contribution in [3.05, 3.63) is 29.5 Å². The number of benzene rings is 1. The summed E-state index contributed by atoms with van der Waals surface area (Å²) in [7, 11) is 2.94. The van der Waals surface area contributed by atoms with Crippen molar-refractivity contribution >= 4 is 22.7 Å². The third-order valence-electron chi connectivity index (χ3n) is 2.81. The molecule has 2 rings (SSSR count). The molecule has 6 nitrogen and oxygen atoms in total. The number of nitrogens with one attached hydrogen (secondary N) is 2. The van der Waals surface area contributed by atoms with E-state index in [1.807, 2.05) is 0 Å². The van der Waals surface area contributed by atoms with Crippen molar-refractivity contribution in [1.29, 1.82) is 0 Å². The normalized spacial score (nSPS) is 10.6. The molecule has 0 unspecified atom stereocenters. The lowest BCUT2D eigenvalue weighted by Crippen LogP contribution is -2.18. The second kappa shape index (κ2) is 5.11. The minimum absolute atomic E-state index is 0.0221. The first-order valence-corrected chi connectivity index (χ1v) is 5.69. The fourth-order valence-electron chi connectivity index (χ4n) is 1.92. The number of aromatic amines is 1. The molecule has 19 heavy (non-hydrogen) atoms. The zero-order valence-corrected chi connectivity index (χ0v) is 10.6. The summed E-state index contributed by atoms with van der Waals surface area (Å²) in [6.45, 7) is 0.179. The Labute approximate surface area is 109 Å². The molecule has 1 heterocycles. The predicted molar refractivity (Wildman–Crippen MR) is 69.6 cm³/mol. The number of carbonyl (C=O) groups excluding carboxylic acids is 2. The average molecular weight is 262 g/mol. The van der Waals surface area contributed by atoms with Crippen LogP contribution in [0.25, 0.3) is 10.9 Å². The SMILES string of the molecule is CNCC(=O)c1ccc(O)c2[nH]c(C(=O)OC)cc12. The van der Waals surface area contributed by atoms with Crippen LogP contribution in [0.15, 0.2) is 18.2 Å². The van der Waals surface area contributed by atoms with Gasteiger partial charge in [0.25, 0.3) is 0 Å². The minimum Gasteiger partial charge on any atom is -0.506 e. The number of aromatic hydroxyl groups is 1. The van der Waals surface area contributed by atoms with Crippen LogP contribution in [0, 0.1) is 0 Å². The van der Waals surface area contributed by atoms with E-state index >= 15 is 0 Å². The standard InChI is InChI=1S/C13H14N2O4/c1-14-6-11(17)7-3-4-10(16)12-8(7)5-9(15-12)13(18)19-2/h3-5,14-16H,6H2,1-2H3. The molecule has 0 aliphatic rings. The van der Waals surface area contributed by atoms with Crippen LogP contribution in [0.2, 0.25) is 0 Å². The summed E-state index contributed by atoms with van der Waals surface area (Å²) in [6, 6.07) is 4.46. The number of phenolic OH excluding ortho intramolecular Hbond substituents is 1. The van der Waals surface area contributed by atoms with Gasteiger partial charge in [0.2, 0.25) is 0 Å². The minimum atomic E-state index is -0.553. The molecule has 0 radical (unpaired) electrons. The maximum absolute atomic E-state index is 11.9. The summed E-state index contributed by atoms with van der Waals surface area (Å²) in [5.74, 6) is -0.698. The molecule has 0 atom stereocenters. The molecule has 6 heteroatoms. The van der Waals surface area contributed by atoms with Crippen molar-refractivity contribution < 1.29 is 19.4 Å². The summed E-state index contributed by atoms with van der Waals surface area (Å²) in [5, 5.41) is 13.0. The molecule has 0 fully saturated rings. The number of rotatable bonds is 4. The van der Waals surface area contributed by atoms with Crippen molar-refractivity contribution in [1.82, 2.24) is 10.3 Å². The molecule has 1 aromatic heterocycles. The molecule has 0 bridgehead atoms. The zero-order chi connectivity index (χ0) is 14.0. The number of fused-ring (bicyclic) bond motifs is 1. The van der Waals surface area contributed by atoms with E-state index in [4.69, 9.17) is 0 Å². The van der Waals surface area contributed by atoms with Crippen LogP contribution < -0.4 is 5.32 Å². The van der Waals surface area contributed by atoms with Crippen LogP contribution in [-0.2, 0) is 4.74 Å². The molecule has 0 spiro atoms. The summed E-state index contributed by atoms with van der Waals surface area (Å²) < 4.78 is 4.60. The van der Waals surface area contributed by atoms with Gasteiger partial charge in [0.1, 0.15) is 11.4 Å². The smallest absolute Gasteiger partial charge is 0.354 e. The highest BCUT2D eigenvalue weighted by Crippen LogP contribution is 2.28. The average Bonchev–Trinajstić information content (AvgIpc) is 2.84. The van der Waals surface area contributed by atoms with E-state index in [2.05, 4.69) is 15.0 Å². The van der Waals surface area contributed by atoms with E-state index in [1.54, 1.807) is 7.05 Å². The van der Waals surface area contributed by atoms with E-state index in [1.165, 1.54) is 25.3 Å². The molecule has 0 aliphatic carbocycles. The topological polar surface area (TPSA) is 91.4 Å². The Balaban J connectivity index is 2.61. The second-order valence-corrected chi connectivity index (χ2v) is 4.05. The first kappa shape index (κ1) is 13.1. The largest absolute Gasteiger partial charge is 0.506 e. The molecular weight excluding hydrogens is 248 g/mol. The molecule has 0 amide bonds. The van der Waals surface area contributed by atoms with Crippen molar-refractivity contribution in [3.63, 3.8) is 0 Å². The van der Waals surface area contributed by atoms with Gasteiger partial charge in [0.05, 0.1) is 19.2 Å². The molecule has 3 N–H and O–H groups in total. The second-order valence-electron chi connectivity index (χ2n) is 4.05. The summed E-state index contributed by atoms with van der Waals surface area (Å²) >= 11 is 0. The van der Waals surface area contributed by atoms with Gasteiger partial charge in [-0.1, -0.05) is 0 Å². The lowest BCUT2D eigenvalue weighted by Gasteiger charge is -2.03. The summed E-state index contributed by atoms with van der Waals surface area (Å²) in [4.78, 5) is 26.2. The Morgan fingerprint density at radius 3 is 2.79 bits per heavy atom. The Kier molecular flexibility index (Phi) is 3.52. The van der Waals surface area contributed by atoms with E-state index < -0.39 is 5.97 Å². The van der Waals surface area contributed by atoms with Crippen molar-refractivity contribution in [3.8, 4) is 5.75 Å². The predicted octanol–water partition coefficient (Wildman–Crippen LogP) is 1.06. The molecule has 2 aromatic rings. The number of ketones is 1. The van der Waals surface area contributed by atoms with Gasteiger partial charge in [0, 0.05) is 10.9 Å². The number of H-pyrrole nitrogens is 1. The van der Waals surface area contributed by atoms with Crippen LogP contribution >= 0.6 is 0 Å². The van der Waals surface area contributed by atoms with Gasteiger partial charge in [-0.2, -0.15) is 0 Å². The van der Waals surface area contributed by atoms with E-state index in [0.717, 1.165) is 0 Å². The van der Waals surface area contributed by atoms with E-state index in [-0.39, 0.29) is 23.8 Å². The Morgan fingerprint density at radius 2 is 2.16 bits per heavy atom. The highest BCUT2D eigenvalue weighted by Gasteiger charge is 2.17. The van der Waals surface area contributed by atoms with Gasteiger partial charge < -0.3 is 20.1 Å². The maximum atomic E-state index is 11.9. The maximum Gasteiger partial charge on any atom is 0.354 e. The van der Waals surface area contributed by atoms with Gasteiger partial charge in [-0.25, -0.2) is 4.79 Å². The fourth-order valence-corrected chi connectivity index (χ4v) is 1.92. The van der Waals surface area contributed by atoms with Crippen LogP contribution in [-0.4, -0.2) is 42.5 Å². The summed E-state index contributed by atoms with van der Waals surface area (Å²) in [6.07, 6.45) is 0. The summed E-state index contributed by atoms with van der Waals surface area (Å²) in [5.41, 5.74) is 0.980. The highest BCUT2D eigenvalue weighted by atomic mass is 16.5. The van der Waals surface area contributed by atoms with E-state index in [9.17, 15) is 14.7 Å². The monoisotopic (exact) mass is 262 g/mol. The van der Waals surface area contributed by atoms with Gasteiger partial charge in [-0.05, 0) is 25.2 Å². The van der Waals surface area contributed by atoms with Gasteiger partial charge in [0.15, 0.2) is 5.78 Å². The van der Waals surface area contributed by atoms with Crippen LogP contribution in [0.1, 0.15) is 20.8 Å². The van der Waals surface area contributed by atoms with Crippen molar-refractivity contribution in [2.45, 2.75) is 0 Å². The fraction of sp³-hybridized carbons (Fsp3) is 0.231. The van der Waals surface area contributed by atoms with Crippen molar-refractivity contribution in [2.24, 2.45) is 0 Å². The molecule has 0 aliphatic heterocycles. The zero-order valence-electron chi connectivity index (χ0n) is 10.6. The van der Waals surface area contributed by atoms with Crippen LogP contribution in [0.3, 0.4) is 0 Å². The van der Waals surface area contributed by atoms with Crippen LogP contribution in [0.4, 0.5) is 0 Å². The Bertz CT molecular complexity index is 645. The number of likely N-dealkylation sites (N-methyl/N-ethyl adjacent to an activating group) is 1. The van der Waals surface area contributed by atoms with E-state index in [0.29, 0.717) is 16.5 Å². The van der Waals surface area contributed by atoms with Gasteiger partial charge >= 0.3 is 5.97 Å². The van der Waals surface area contributed by atoms with Crippen LogP contribution in [0.5, 0.6) is 5.75 Å². The highest BCUT2D eigenvalue weighted by molar-refractivity contribution is 6.11. The molecule has 0 saturated carbocycles. The number of Topliss-reactive ketones (excluding diaryl/α,β-unsaturated/α-hetero) is 1. The number of hydrogen-bond acceptors (Lipinski definition) is 5. The van der Waals surface area contributed by atoms with Gasteiger partial charge in [-0.3, -0.25) is 4.79 Å². The van der Waals surface area contributed by atoms with Gasteiger partial charge in [-0.15, -0.1) is 0 Å². The number of carbonyl (C=O) groups is 2. The number of methoxy groups -OCH3 is 1. The third kappa shape index (κ3) is 2.30. The molecule has 100 valence electrons. The molecular formula is C13H14N2O4. The number of aromatic nitrogens is 1. The first-order chi connectivity index (χ1) is 9.08. The molecule has 1 aromatic carbocycles. The number of phenols is 1. The number of esters is 1. The Morgan fingerprint density at radius 1 is 1.42 bits per heavy atom.